The van der Waals surface area contributed by atoms with Crippen molar-refractivity contribution in [2.75, 3.05) is 0 Å². The first-order valence-corrected chi connectivity index (χ1v) is 12.5. The van der Waals surface area contributed by atoms with Gasteiger partial charge in [0.15, 0.2) is 0 Å². The van der Waals surface area contributed by atoms with E-state index in [-0.39, 0.29) is 27.5 Å². The van der Waals surface area contributed by atoms with Crippen LogP contribution >= 0.6 is 0 Å². The van der Waals surface area contributed by atoms with Crippen LogP contribution in [0, 0.1) is 0 Å². The van der Waals surface area contributed by atoms with Gasteiger partial charge in [-0.1, -0.05) is 127 Å². The second kappa shape index (κ2) is 8.72. The molecule has 0 saturated carbocycles. The lowest BCUT2D eigenvalue weighted by Crippen LogP contribution is -1.98. The average Bonchev–Trinajstić information content (AvgIpc) is 3.13. The van der Waals surface area contributed by atoms with Crippen LogP contribution in [0.1, 0.15) is 15.1 Å². The number of rotatable bonds is 3. The molecule has 0 aliphatic carbocycles. The zero-order chi connectivity index (χ0) is 35.3. The van der Waals surface area contributed by atoms with Gasteiger partial charge in [-0.25, -0.2) is 0 Å². The van der Waals surface area contributed by atoms with E-state index in [4.69, 9.17) is 19.8 Å². The highest BCUT2D eigenvalue weighted by molar-refractivity contribution is 6.10. The zero-order valence-electron chi connectivity index (χ0n) is 31.4. The van der Waals surface area contributed by atoms with Crippen LogP contribution in [0.2, 0.25) is 0 Å². The summed E-state index contributed by atoms with van der Waals surface area (Å²) < 4.78 is 102. The topological polar surface area (TPSA) is 9.23 Å². The maximum absolute atomic E-state index is 9.15. The standard InChI is InChI=1S/C38H24O/c1-2-8-25(9-3-1)29-20-21-33-35-23-22-32(34-14-7-15-36(38(34)35)39-37(33)24-29)28-18-16-27(17-19-28)31-13-6-11-26-10-4-5-12-30(26)31/h1-24H/i4D,5D,6D,10D,11D,12D,13D,16D,17D,18D,19D. The molecule has 8 rings (SSSR count). The van der Waals surface area contributed by atoms with E-state index in [1.54, 1.807) is 12.1 Å². The van der Waals surface area contributed by atoms with Crippen molar-refractivity contribution < 1.29 is 19.8 Å². The molecule has 1 aliphatic heterocycles. The third-order valence-electron chi connectivity index (χ3n) is 7.06. The van der Waals surface area contributed by atoms with Crippen molar-refractivity contribution in [2.45, 2.75) is 0 Å². The molecule has 0 unspecified atom stereocenters. The van der Waals surface area contributed by atoms with E-state index >= 15 is 0 Å². The van der Waals surface area contributed by atoms with Crippen LogP contribution < -0.4 is 4.74 Å². The first-order chi connectivity index (χ1) is 23.9. The molecular weight excluding hydrogens is 472 g/mol. The molecule has 182 valence electrons. The van der Waals surface area contributed by atoms with Crippen LogP contribution in [0.3, 0.4) is 0 Å². The summed E-state index contributed by atoms with van der Waals surface area (Å²) in [6.45, 7) is 0. The molecule has 0 aromatic heterocycles. The van der Waals surface area contributed by atoms with Gasteiger partial charge in [-0.3, -0.25) is 0 Å². The number of hydrogen-bond acceptors (Lipinski definition) is 1. The second-order valence-electron chi connectivity index (χ2n) is 9.27. The molecule has 7 aromatic carbocycles. The molecule has 0 atom stereocenters. The summed E-state index contributed by atoms with van der Waals surface area (Å²) >= 11 is 0. The summed E-state index contributed by atoms with van der Waals surface area (Å²) in [4.78, 5) is 0. The van der Waals surface area contributed by atoms with Gasteiger partial charge in [0.25, 0.3) is 0 Å². The Kier molecular flexibility index (Phi) is 3.04. The largest absolute Gasteiger partial charge is 0.456 e. The van der Waals surface area contributed by atoms with Gasteiger partial charge >= 0.3 is 0 Å². The number of hydrogen-bond donors (Lipinski definition) is 0. The van der Waals surface area contributed by atoms with E-state index in [9.17, 15) is 0 Å². The van der Waals surface area contributed by atoms with Crippen LogP contribution in [0.25, 0.3) is 66.1 Å². The van der Waals surface area contributed by atoms with Gasteiger partial charge in [-0.2, -0.15) is 0 Å². The lowest BCUT2D eigenvalue weighted by molar-refractivity contribution is 0.487. The molecule has 39 heavy (non-hydrogen) atoms. The fourth-order valence-electron chi connectivity index (χ4n) is 5.23. The van der Waals surface area contributed by atoms with Gasteiger partial charge < -0.3 is 4.74 Å². The normalized spacial score (nSPS) is 15.7. The molecule has 0 saturated heterocycles. The van der Waals surface area contributed by atoms with Crippen molar-refractivity contribution >= 4 is 21.5 Å². The monoisotopic (exact) mass is 507 g/mol. The SMILES string of the molecule is [2H]c1c([2H])c(-c2c([2H])c([2H])c([2H])c3c([2H])c([2H])c([2H])c([2H])c23)c([2H])c([2H])c1-c1ccc2c3c(cccc13)Oc1cc(-c3ccccc3)ccc1-2. The van der Waals surface area contributed by atoms with Gasteiger partial charge in [-0.15, -0.1) is 0 Å². The summed E-state index contributed by atoms with van der Waals surface area (Å²) in [5.74, 6) is 1.25. The number of benzene rings is 7. The zero-order valence-corrected chi connectivity index (χ0v) is 20.4. The highest BCUT2D eigenvalue weighted by Gasteiger charge is 2.22. The van der Waals surface area contributed by atoms with E-state index in [0.29, 0.717) is 22.4 Å². The molecule has 0 spiro atoms. The molecule has 1 heterocycles. The van der Waals surface area contributed by atoms with Crippen LogP contribution in [0.15, 0.2) is 145 Å². The van der Waals surface area contributed by atoms with E-state index < -0.39 is 66.5 Å². The Labute approximate surface area is 243 Å². The Hall–Kier alpha value is -5.14. The lowest BCUT2D eigenvalue weighted by atomic mass is 9.88. The average molecular weight is 508 g/mol. The molecule has 7 aromatic rings. The van der Waals surface area contributed by atoms with Crippen molar-refractivity contribution in [3.05, 3.63) is 145 Å². The van der Waals surface area contributed by atoms with Gasteiger partial charge in [0.1, 0.15) is 11.5 Å². The first-order valence-electron chi connectivity index (χ1n) is 18.0. The molecule has 1 heteroatoms. The Morgan fingerprint density at radius 2 is 1.18 bits per heavy atom. The Morgan fingerprint density at radius 3 is 2.05 bits per heavy atom. The van der Waals surface area contributed by atoms with Crippen molar-refractivity contribution in [3.8, 4) is 56.0 Å². The quantitative estimate of drug-likeness (QED) is 0.231. The van der Waals surface area contributed by atoms with E-state index in [2.05, 4.69) is 0 Å². The molecule has 0 radical (unpaired) electrons. The van der Waals surface area contributed by atoms with Crippen molar-refractivity contribution in [1.82, 2.24) is 0 Å². The third-order valence-corrected chi connectivity index (χ3v) is 7.06. The summed E-state index contributed by atoms with van der Waals surface area (Å²) in [5, 5.41) is 0.751. The van der Waals surface area contributed by atoms with Gasteiger partial charge in [0.2, 0.25) is 0 Å². The van der Waals surface area contributed by atoms with Gasteiger partial charge in [0.05, 0.1) is 15.1 Å². The highest BCUT2D eigenvalue weighted by Crippen LogP contribution is 2.49. The molecule has 0 amide bonds. The minimum absolute atomic E-state index is 0.00128. The maximum Gasteiger partial charge on any atom is 0.135 e. The fraction of sp³-hybridized carbons (Fsp3) is 0. The summed E-state index contributed by atoms with van der Waals surface area (Å²) in [7, 11) is 0. The van der Waals surface area contributed by atoms with Crippen LogP contribution in [0.5, 0.6) is 11.5 Å². The summed E-state index contributed by atoms with van der Waals surface area (Å²) in [6.07, 6.45) is 0. The predicted molar refractivity (Wildman–Crippen MR) is 163 cm³/mol. The minimum atomic E-state index is -0.654. The third kappa shape index (κ3) is 3.55. The second-order valence-corrected chi connectivity index (χ2v) is 9.27. The minimum Gasteiger partial charge on any atom is -0.456 e. The smallest absolute Gasteiger partial charge is 0.135 e. The molecule has 0 N–H and O–H groups in total. The predicted octanol–water partition coefficient (Wildman–Crippen LogP) is 10.8. The fourth-order valence-corrected chi connectivity index (χ4v) is 5.23. The van der Waals surface area contributed by atoms with Crippen molar-refractivity contribution in [3.63, 3.8) is 0 Å². The van der Waals surface area contributed by atoms with Crippen LogP contribution in [-0.4, -0.2) is 0 Å². The number of fused-ring (bicyclic) bond motifs is 3. The van der Waals surface area contributed by atoms with Crippen molar-refractivity contribution in [2.24, 2.45) is 0 Å². The molecule has 0 bridgehead atoms. The van der Waals surface area contributed by atoms with Crippen LogP contribution in [-0.2, 0) is 0 Å². The van der Waals surface area contributed by atoms with E-state index in [1.807, 2.05) is 66.7 Å². The molecule has 0 fully saturated rings. The van der Waals surface area contributed by atoms with Gasteiger partial charge in [-0.05, 0) is 73.3 Å². The van der Waals surface area contributed by atoms with E-state index in [0.717, 1.165) is 27.6 Å². The maximum atomic E-state index is 9.15. The number of ether oxygens (including phenoxy) is 1. The Morgan fingerprint density at radius 1 is 0.436 bits per heavy atom. The molecule has 1 aliphatic rings. The van der Waals surface area contributed by atoms with Crippen molar-refractivity contribution in [1.29, 1.82) is 0 Å². The van der Waals surface area contributed by atoms with E-state index in [1.165, 1.54) is 0 Å². The highest BCUT2D eigenvalue weighted by atomic mass is 16.5. The lowest BCUT2D eigenvalue weighted by Gasteiger charge is -2.23. The van der Waals surface area contributed by atoms with Crippen LogP contribution in [0.4, 0.5) is 0 Å². The first kappa shape index (κ1) is 13.6. The summed E-state index contributed by atoms with van der Waals surface area (Å²) in [6, 6.07) is 18.8. The summed E-state index contributed by atoms with van der Waals surface area (Å²) in [5.41, 5.74) is 3.46. The Balaban J connectivity index is 1.36. The molecular formula is C38H24O. The van der Waals surface area contributed by atoms with Gasteiger partial charge in [0, 0.05) is 10.9 Å². The Bertz CT molecular complexity index is 2600. The molecule has 1 nitrogen and oxygen atoms in total.